The molecule has 1 unspecified atom stereocenters. The predicted molar refractivity (Wildman–Crippen MR) is 506 cm³/mol. The zero-order valence-electron chi connectivity index (χ0n) is 78.3. The van der Waals surface area contributed by atoms with Crippen LogP contribution in [0.15, 0.2) is 126 Å². The van der Waals surface area contributed by atoms with Crippen LogP contribution in [0, 0.1) is 66.5 Å². The number of allylic oxidation sites excluding steroid dienone is 18. The summed E-state index contributed by atoms with van der Waals surface area (Å²) >= 11 is 0. The smallest absolute Gasteiger partial charge is 0.186 e. The van der Waals surface area contributed by atoms with E-state index in [-0.39, 0.29) is 111 Å². The van der Waals surface area contributed by atoms with Gasteiger partial charge in [0.1, 0.15) is 11.9 Å². The second-order valence-corrected chi connectivity index (χ2v) is 40.5. The van der Waals surface area contributed by atoms with Gasteiger partial charge in [-0.15, -0.1) is 0 Å². The van der Waals surface area contributed by atoms with E-state index in [0.29, 0.717) is 41.3 Å². The van der Waals surface area contributed by atoms with Gasteiger partial charge in [-0.2, -0.15) is 0 Å². The van der Waals surface area contributed by atoms with Gasteiger partial charge in [-0.1, -0.05) is 291 Å². The Morgan fingerprint density at radius 1 is 0.434 bits per heavy atom. The standard InChI is InChI=1S/C10H18O2.C10H16O2.3C10H18O.C10H16O.4C10H18.5CH4/c1-7(11)10(4)6-8(12)5-9(10,2)3;1-6-7(2)10(3,4)5-8(11)9(6)12;3*1-7-5-9(11)6-10(3,4)8(7)2;1-7-8(2)10(3,4)6-5-9(7)11;2*1-8-6-5-7-10(3,4)9(8)2;2*1-5-10(4)8-6-7-9(2)3;;;;;/h8,12H,5-6H2,1-4H3;8,11H,5H2,1-4H3;9,11H,5-6H2,1-4H3;2*5,8-9,11H,6H2,1-4H3;5-6H2,1-4H3;5-7H2,1-4H3;6,9H,5,7H2,1-4H3;2*5,7H,6,8H2,1-4H3;5*1H4/b;;;;;;;;2*10-5+;;;;;/t8-,10-;8-;9-;8?,9-;8-,9-;;;9-;;;;;;;/m00110..0......./s1. The van der Waals surface area contributed by atoms with Gasteiger partial charge in [0.15, 0.2) is 11.6 Å². The molecule has 0 spiro atoms. The van der Waals surface area contributed by atoms with Gasteiger partial charge in [0.25, 0.3) is 0 Å². The van der Waals surface area contributed by atoms with Crippen molar-refractivity contribution in [2.24, 2.45) is 66.5 Å². The monoisotopic (exact) mass is 1590 g/mol. The number of aliphatic hydroxyl groups is 5. The lowest BCUT2D eigenvalue weighted by Crippen LogP contribution is -2.36. The van der Waals surface area contributed by atoms with E-state index in [9.17, 15) is 39.9 Å². The number of Topliss-reactive ketones (excluding diaryl/α,β-unsaturated/α-hetero) is 3. The first kappa shape index (κ1) is 122. The Morgan fingerprint density at radius 2 is 0.814 bits per heavy atom. The summed E-state index contributed by atoms with van der Waals surface area (Å²) < 4.78 is 0. The van der Waals surface area contributed by atoms with Crippen molar-refractivity contribution < 1.29 is 39.9 Å². The Kier molecular flexibility index (Phi) is 57.1. The maximum absolute atomic E-state index is 11.4. The van der Waals surface area contributed by atoms with Crippen molar-refractivity contribution in [2.75, 3.05) is 0 Å². The van der Waals surface area contributed by atoms with E-state index in [4.69, 9.17) is 0 Å². The summed E-state index contributed by atoms with van der Waals surface area (Å²) in [7, 11) is 0. The van der Waals surface area contributed by atoms with E-state index < -0.39 is 6.10 Å². The molecule has 0 radical (unpaired) electrons. The molecule has 664 valence electrons. The van der Waals surface area contributed by atoms with Crippen molar-refractivity contribution in [1.29, 1.82) is 0 Å². The lowest BCUT2D eigenvalue weighted by Gasteiger charge is -2.38. The van der Waals surface area contributed by atoms with Gasteiger partial charge in [-0.3, -0.25) is 14.4 Å². The molecule has 113 heavy (non-hydrogen) atoms. The molecule has 9 atom stereocenters. The molecule has 8 nitrogen and oxygen atoms in total. The van der Waals surface area contributed by atoms with E-state index in [1.807, 2.05) is 32.9 Å². The van der Waals surface area contributed by atoms with Crippen molar-refractivity contribution in [3.8, 4) is 0 Å². The predicted octanol–water partition coefficient (Wildman–Crippen LogP) is 30.9. The minimum Gasteiger partial charge on any atom is -0.393 e. The highest BCUT2D eigenvalue weighted by molar-refractivity contribution is 6.00. The number of hydrogen-bond donors (Lipinski definition) is 5. The van der Waals surface area contributed by atoms with Crippen LogP contribution < -0.4 is 0 Å². The van der Waals surface area contributed by atoms with E-state index >= 15 is 0 Å². The van der Waals surface area contributed by atoms with Crippen LogP contribution in [0.1, 0.15) is 430 Å². The van der Waals surface area contributed by atoms with E-state index in [1.54, 1.807) is 30.6 Å². The van der Waals surface area contributed by atoms with Gasteiger partial charge >= 0.3 is 0 Å². The maximum atomic E-state index is 11.4. The molecule has 8 rings (SSSR count). The average Bonchev–Trinajstić information content (AvgIpc) is 1.63. The van der Waals surface area contributed by atoms with Crippen molar-refractivity contribution in [2.45, 2.75) is 460 Å². The summed E-state index contributed by atoms with van der Waals surface area (Å²) in [5.74, 6) is 2.41. The minimum absolute atomic E-state index is 0. The normalized spacial score (nSPS) is 26.9. The SMILES string of the molecule is C.C.C.C.C.C/C=C(\C)CCC=C(C)C.C/C=C(\C)CCC=C(C)C.CC(=O)[C@]1(C)C[C@@H](O)CC1(C)C.CC1=C(C)C(C)(C)CCC1.CC1=C(C)C(C)(C)CCC1=O.CC1=C(C)C(C)(C)C[C@H](O)C1.CC1=C(C)C(C)(C)C[C@H](O)C1=O.CC1=CCCC(C)(C)[C@H]1C.CC1=C[C@@H](O)CC(C)(C)C1C.CC1=C[C@H](O)CC(C)(C)[C@H]1C. The zero-order valence-corrected chi connectivity index (χ0v) is 78.3. The van der Waals surface area contributed by atoms with Crippen LogP contribution in [0.5, 0.6) is 0 Å². The van der Waals surface area contributed by atoms with Crippen molar-refractivity contribution in [1.82, 2.24) is 0 Å². The maximum Gasteiger partial charge on any atom is 0.186 e. The topological polar surface area (TPSA) is 152 Å². The van der Waals surface area contributed by atoms with Crippen LogP contribution in [0.4, 0.5) is 0 Å². The fourth-order valence-corrected chi connectivity index (χ4v) is 15.9. The highest BCUT2D eigenvalue weighted by Crippen LogP contribution is 2.53. The summed E-state index contributed by atoms with van der Waals surface area (Å²) in [6, 6.07) is 0. The van der Waals surface area contributed by atoms with Gasteiger partial charge in [-0.25, -0.2) is 0 Å². The average molecular weight is 1590 g/mol. The molecular weight excluding hydrogens is 1390 g/mol. The van der Waals surface area contributed by atoms with Crippen LogP contribution in [0.25, 0.3) is 0 Å². The van der Waals surface area contributed by atoms with Crippen LogP contribution in [0.3, 0.4) is 0 Å². The van der Waals surface area contributed by atoms with Crippen molar-refractivity contribution in [3.63, 3.8) is 0 Å². The quantitative estimate of drug-likeness (QED) is 0.158. The summed E-state index contributed by atoms with van der Waals surface area (Å²) in [4.78, 5) is 34.0. The molecule has 0 aromatic carbocycles. The molecule has 0 aliphatic heterocycles. The second-order valence-electron chi connectivity index (χ2n) is 40.5. The highest BCUT2D eigenvalue weighted by atomic mass is 16.3. The number of ketones is 3. The Bertz CT molecular complexity index is 3150. The van der Waals surface area contributed by atoms with Gasteiger partial charge in [-0.05, 0) is 320 Å². The fourth-order valence-electron chi connectivity index (χ4n) is 15.9. The molecule has 8 aliphatic rings. The third kappa shape index (κ3) is 41.5. The third-order valence-corrected chi connectivity index (χ3v) is 27.9. The summed E-state index contributed by atoms with van der Waals surface area (Å²) in [5, 5.41) is 47.3. The van der Waals surface area contributed by atoms with Gasteiger partial charge in [0.05, 0.1) is 24.4 Å². The molecule has 0 aromatic rings. The molecule has 1 fully saturated rings. The van der Waals surface area contributed by atoms with Crippen molar-refractivity contribution in [3.05, 3.63) is 126 Å². The van der Waals surface area contributed by atoms with E-state index in [0.717, 1.165) is 67.6 Å². The van der Waals surface area contributed by atoms with Crippen LogP contribution in [-0.4, -0.2) is 73.4 Å². The molecular formula is C105H196O8. The fraction of sp³-hybridized carbons (Fsp3) is 0.762. The highest BCUT2D eigenvalue weighted by Gasteiger charge is 2.52. The van der Waals surface area contributed by atoms with Crippen molar-refractivity contribution >= 4 is 17.3 Å². The Labute approximate surface area is 706 Å². The number of carbonyl (C=O) groups excluding carboxylic acids is 3. The lowest BCUT2D eigenvalue weighted by molar-refractivity contribution is -0.130. The second kappa shape index (κ2) is 52.8. The number of rotatable bonds is 7. The Balaban J connectivity index is -0.000000220. The number of hydrogen-bond acceptors (Lipinski definition) is 8. The molecule has 0 saturated heterocycles. The van der Waals surface area contributed by atoms with Gasteiger partial charge < -0.3 is 25.5 Å². The largest absolute Gasteiger partial charge is 0.393 e. The molecule has 5 N–H and O–H groups in total. The minimum atomic E-state index is -0.788. The Morgan fingerprint density at radius 3 is 1.12 bits per heavy atom. The first-order valence-corrected chi connectivity index (χ1v) is 42.0. The first-order chi connectivity index (χ1) is 48.8. The van der Waals surface area contributed by atoms with Crippen LogP contribution in [0.2, 0.25) is 0 Å². The van der Waals surface area contributed by atoms with Crippen LogP contribution >= 0.6 is 0 Å². The number of carbonyl (C=O) groups is 3. The molecule has 1 saturated carbocycles. The molecule has 8 heteroatoms. The van der Waals surface area contributed by atoms with Gasteiger partial charge in [0.2, 0.25) is 0 Å². The zero-order chi connectivity index (χ0) is 85.2. The lowest BCUT2D eigenvalue weighted by atomic mass is 9.67. The first-order valence-electron chi connectivity index (χ1n) is 42.0. The molecule has 0 aromatic heterocycles. The third-order valence-electron chi connectivity index (χ3n) is 27.9. The molecule has 8 aliphatic carbocycles. The Hall–Kier alpha value is -4.05. The summed E-state index contributed by atoms with van der Waals surface area (Å²) in [5.41, 5.74) is 21.8. The van der Waals surface area contributed by atoms with Gasteiger partial charge in [0, 0.05) is 11.8 Å². The number of aliphatic hydroxyl groups excluding tert-OH is 5. The molecule has 0 amide bonds. The summed E-state index contributed by atoms with van der Waals surface area (Å²) in [6.45, 7) is 86.0. The summed E-state index contributed by atoms with van der Waals surface area (Å²) in [6.07, 6.45) is 32.4. The van der Waals surface area contributed by atoms with E-state index in [2.05, 4.69) is 273 Å². The van der Waals surface area contributed by atoms with E-state index in [1.165, 1.54) is 108 Å². The molecule has 0 bridgehead atoms. The van der Waals surface area contributed by atoms with Crippen LogP contribution in [-0.2, 0) is 14.4 Å². The molecule has 0 heterocycles.